The molecule has 4 aromatic carbocycles. The van der Waals surface area contributed by atoms with E-state index in [9.17, 15) is 14.3 Å². The molecule has 2 N–H and O–H groups in total. The topological polar surface area (TPSA) is 132 Å². The zero-order valence-electron chi connectivity index (χ0n) is 33.7. The van der Waals surface area contributed by atoms with Gasteiger partial charge < -0.3 is 24.6 Å². The van der Waals surface area contributed by atoms with Gasteiger partial charge in [0.2, 0.25) is 0 Å². The van der Waals surface area contributed by atoms with E-state index in [4.69, 9.17) is 35.8 Å². The number of thiophene rings is 1. The number of carbonyl (C=O) groups is 1. The van der Waals surface area contributed by atoms with Crippen LogP contribution in [0.5, 0.6) is 17.2 Å². The van der Waals surface area contributed by atoms with Crippen molar-refractivity contribution in [2.75, 3.05) is 46.4 Å². The number of carboxylic acid groups (broad SMARTS) is 1. The maximum absolute atomic E-state index is 14.2. The molecule has 1 fully saturated rings. The molecule has 0 amide bonds. The third-order valence-electron chi connectivity index (χ3n) is 10.8. The van der Waals surface area contributed by atoms with Crippen molar-refractivity contribution in [3.05, 3.63) is 137 Å². The van der Waals surface area contributed by atoms with Crippen molar-refractivity contribution < 1.29 is 28.5 Å². The van der Waals surface area contributed by atoms with Gasteiger partial charge in [0.1, 0.15) is 47.4 Å². The lowest BCUT2D eigenvalue weighted by molar-refractivity contribution is -0.141. The molecule has 1 aliphatic heterocycles. The molecule has 3 aromatic heterocycles. The summed E-state index contributed by atoms with van der Waals surface area (Å²) in [5.41, 5.74) is 5.92. The molecule has 61 heavy (non-hydrogen) atoms. The first-order chi connectivity index (χ1) is 29.8. The number of para-hydroxylation sites is 2. The molecule has 1 saturated heterocycles. The smallest absolute Gasteiger partial charge is 0.307 e. The fourth-order valence-corrected chi connectivity index (χ4v) is 9.02. The molecule has 4 heterocycles. The second kappa shape index (κ2) is 19.2. The minimum atomic E-state index is -0.976. The highest BCUT2D eigenvalue weighted by molar-refractivity contribution is 7.22. The fraction of sp³-hybridized carbons (Fsp3) is 0.255. The quantitative estimate of drug-likeness (QED) is 0.0966. The van der Waals surface area contributed by atoms with Crippen LogP contribution in [-0.2, 0) is 24.2 Å². The van der Waals surface area contributed by atoms with E-state index in [1.54, 1.807) is 31.5 Å². The number of fused-ring (bicyclic) bond motifs is 1. The Balaban J connectivity index is 1.09. The van der Waals surface area contributed by atoms with Crippen molar-refractivity contribution in [3.63, 3.8) is 0 Å². The molecule has 14 heteroatoms. The number of aromatic nitrogens is 4. The first kappa shape index (κ1) is 41.7. The normalized spacial score (nSPS) is 13.6. The number of rotatable bonds is 16. The van der Waals surface area contributed by atoms with Crippen LogP contribution in [0.15, 0.2) is 104 Å². The van der Waals surface area contributed by atoms with Gasteiger partial charge in [-0.1, -0.05) is 60.1 Å². The maximum Gasteiger partial charge on any atom is 0.307 e. The average Bonchev–Trinajstić information content (AvgIpc) is 3.68. The SMILES string of the molecule is COc1ccccc1-c1nccc(COc2ccccc2C[C@@H](Cc2ncnc3sc(-c4ccc(F)cc4)c(-c4ccc(OCCN5CCNCC5)c(Cl)c4C)c23)C(=O)O)n1. The number of benzene rings is 4. The fourth-order valence-electron chi connectivity index (χ4n) is 7.62. The Hall–Kier alpha value is -5.99. The Bertz CT molecular complexity index is 2660. The van der Waals surface area contributed by atoms with E-state index < -0.39 is 11.9 Å². The van der Waals surface area contributed by atoms with E-state index in [2.05, 4.69) is 20.2 Å². The minimum absolute atomic E-state index is 0.101. The standard InChI is InChI=1S/C47H44ClFN6O5S/c1-29-35(15-16-40(43(29)48)59-24-23-55-21-19-50-20-22-55)41-42-37(52-28-53-46(42)61-44(41)30-11-13-33(49)14-12-30)26-32(47(56)57)25-31-7-3-5-9-38(31)60-27-34-17-18-51-45(54-34)36-8-4-6-10-39(36)58-2/h3-18,28,32,50H,19-27H2,1-2H3,(H,56,57)/t32-/m0/s1. The molecule has 0 radical (unpaired) electrons. The van der Waals surface area contributed by atoms with Crippen LogP contribution in [-0.4, -0.2) is 82.4 Å². The van der Waals surface area contributed by atoms with Gasteiger partial charge in [-0.2, -0.15) is 0 Å². The van der Waals surface area contributed by atoms with E-state index in [0.29, 0.717) is 50.9 Å². The highest BCUT2D eigenvalue weighted by Crippen LogP contribution is 2.48. The summed E-state index contributed by atoms with van der Waals surface area (Å²) in [6, 6.07) is 26.9. The predicted molar refractivity (Wildman–Crippen MR) is 236 cm³/mol. The van der Waals surface area contributed by atoms with E-state index in [1.165, 1.54) is 29.8 Å². The van der Waals surface area contributed by atoms with Gasteiger partial charge in [-0.15, -0.1) is 11.3 Å². The van der Waals surface area contributed by atoms with Gasteiger partial charge in [-0.25, -0.2) is 24.3 Å². The van der Waals surface area contributed by atoms with Crippen molar-refractivity contribution in [2.24, 2.45) is 5.92 Å². The van der Waals surface area contributed by atoms with Crippen LogP contribution in [0.2, 0.25) is 5.02 Å². The summed E-state index contributed by atoms with van der Waals surface area (Å²) in [5.74, 6) is 0.0962. The number of hydrogen-bond acceptors (Lipinski definition) is 11. The van der Waals surface area contributed by atoms with E-state index >= 15 is 0 Å². The second-order valence-corrected chi connectivity index (χ2v) is 16.1. The predicted octanol–water partition coefficient (Wildman–Crippen LogP) is 8.94. The maximum atomic E-state index is 14.2. The Morgan fingerprint density at radius 3 is 2.46 bits per heavy atom. The van der Waals surface area contributed by atoms with Crippen molar-refractivity contribution in [1.29, 1.82) is 0 Å². The summed E-state index contributed by atoms with van der Waals surface area (Å²) in [6.45, 7) is 7.22. The molecule has 0 unspecified atom stereocenters. The van der Waals surface area contributed by atoms with Gasteiger partial charge >= 0.3 is 5.97 Å². The summed E-state index contributed by atoms with van der Waals surface area (Å²) in [7, 11) is 1.60. The number of methoxy groups -OCH3 is 1. The number of hydrogen-bond donors (Lipinski definition) is 2. The van der Waals surface area contributed by atoms with Crippen molar-refractivity contribution in [3.8, 4) is 50.2 Å². The summed E-state index contributed by atoms with van der Waals surface area (Å²) in [5, 5.41) is 15.3. The summed E-state index contributed by atoms with van der Waals surface area (Å²) in [6.07, 6.45) is 3.42. The van der Waals surface area contributed by atoms with E-state index in [0.717, 1.165) is 76.4 Å². The molecule has 0 saturated carbocycles. The number of piperazine rings is 1. The lowest BCUT2D eigenvalue weighted by Gasteiger charge is -2.27. The number of ether oxygens (including phenoxy) is 3. The molecule has 1 aliphatic rings. The molecule has 0 bridgehead atoms. The molecule has 1 atom stereocenters. The van der Waals surface area contributed by atoms with E-state index in [1.807, 2.05) is 67.6 Å². The average molecular weight is 859 g/mol. The Morgan fingerprint density at radius 2 is 1.67 bits per heavy atom. The lowest BCUT2D eigenvalue weighted by atomic mass is 9.90. The van der Waals surface area contributed by atoms with Crippen LogP contribution in [0.1, 0.15) is 22.5 Å². The highest BCUT2D eigenvalue weighted by Gasteiger charge is 2.27. The molecular weight excluding hydrogens is 815 g/mol. The van der Waals surface area contributed by atoms with Crippen molar-refractivity contribution in [2.45, 2.75) is 26.4 Å². The van der Waals surface area contributed by atoms with Gasteiger partial charge in [-0.05, 0) is 78.1 Å². The number of carboxylic acids is 1. The van der Waals surface area contributed by atoms with Crippen LogP contribution in [0, 0.1) is 18.7 Å². The van der Waals surface area contributed by atoms with Crippen LogP contribution >= 0.6 is 22.9 Å². The number of nitrogens with one attached hydrogen (secondary N) is 1. The Morgan fingerprint density at radius 1 is 0.902 bits per heavy atom. The Labute approximate surface area is 362 Å². The second-order valence-electron chi connectivity index (χ2n) is 14.7. The minimum Gasteiger partial charge on any atom is -0.496 e. The van der Waals surface area contributed by atoms with Crippen LogP contribution in [0.25, 0.3) is 43.2 Å². The van der Waals surface area contributed by atoms with Gasteiger partial charge in [-0.3, -0.25) is 9.69 Å². The number of nitrogens with zero attached hydrogens (tertiary/aromatic N) is 5. The van der Waals surface area contributed by atoms with Gasteiger partial charge in [0.15, 0.2) is 5.82 Å². The van der Waals surface area contributed by atoms with Crippen molar-refractivity contribution in [1.82, 2.24) is 30.2 Å². The largest absolute Gasteiger partial charge is 0.496 e. The van der Waals surface area contributed by atoms with Crippen LogP contribution < -0.4 is 19.5 Å². The molecule has 0 aliphatic carbocycles. The molecule has 0 spiro atoms. The van der Waals surface area contributed by atoms with Gasteiger partial charge in [0.05, 0.1) is 35.0 Å². The first-order valence-electron chi connectivity index (χ1n) is 20.0. The number of aliphatic carboxylic acids is 1. The third kappa shape index (κ3) is 9.50. The van der Waals surface area contributed by atoms with Crippen molar-refractivity contribution >= 4 is 39.1 Å². The third-order valence-corrected chi connectivity index (χ3v) is 12.4. The first-order valence-corrected chi connectivity index (χ1v) is 21.2. The molecular formula is C47H44ClFN6O5S. The van der Waals surface area contributed by atoms with Gasteiger partial charge in [0.25, 0.3) is 0 Å². The Kier molecular flexibility index (Phi) is 13.1. The molecule has 7 aromatic rings. The van der Waals surface area contributed by atoms with E-state index in [-0.39, 0.29) is 25.3 Å². The zero-order chi connectivity index (χ0) is 42.3. The molecule has 11 nitrogen and oxygen atoms in total. The summed E-state index contributed by atoms with van der Waals surface area (Å²) < 4.78 is 32.2. The number of halogens is 2. The lowest BCUT2D eigenvalue weighted by Crippen LogP contribution is -2.44. The summed E-state index contributed by atoms with van der Waals surface area (Å²) in [4.78, 5) is 35.5. The zero-order valence-corrected chi connectivity index (χ0v) is 35.3. The summed E-state index contributed by atoms with van der Waals surface area (Å²) >= 11 is 8.51. The highest BCUT2D eigenvalue weighted by atomic mass is 35.5. The van der Waals surface area contributed by atoms with Crippen LogP contribution in [0.4, 0.5) is 4.39 Å². The van der Waals surface area contributed by atoms with Crippen LogP contribution in [0.3, 0.4) is 0 Å². The molecule has 312 valence electrons. The monoisotopic (exact) mass is 858 g/mol. The van der Waals surface area contributed by atoms with Gasteiger partial charge in [0, 0.05) is 61.2 Å². The molecule has 8 rings (SSSR count).